The number of halogens is 2. The molecular formula is C31H37Cl2N3O3. The molecule has 39 heavy (non-hydrogen) atoms. The zero-order valence-corrected chi connectivity index (χ0v) is 24.0. The molecule has 0 unspecified atom stereocenters. The fourth-order valence-corrected chi connectivity index (χ4v) is 4.87. The predicted octanol–water partition coefficient (Wildman–Crippen LogP) is 5.75. The molecule has 2 atom stereocenters. The van der Waals surface area contributed by atoms with Gasteiger partial charge in [-0.25, -0.2) is 0 Å². The van der Waals surface area contributed by atoms with Gasteiger partial charge in [0, 0.05) is 47.4 Å². The molecule has 208 valence electrons. The number of benzene rings is 3. The van der Waals surface area contributed by atoms with E-state index in [1.54, 1.807) is 36.4 Å². The van der Waals surface area contributed by atoms with Crippen LogP contribution >= 0.6 is 23.2 Å². The summed E-state index contributed by atoms with van der Waals surface area (Å²) in [5.41, 5.74) is 2.70. The Hall–Kier alpha value is -2.90. The lowest BCUT2D eigenvalue weighted by atomic mass is 10.00. The molecule has 0 aromatic heterocycles. The van der Waals surface area contributed by atoms with Crippen molar-refractivity contribution in [3.8, 4) is 0 Å². The van der Waals surface area contributed by atoms with Gasteiger partial charge < -0.3 is 20.6 Å². The fourth-order valence-electron chi connectivity index (χ4n) is 4.40. The van der Waals surface area contributed by atoms with Crippen molar-refractivity contribution >= 4 is 35.0 Å². The minimum Gasteiger partial charge on any atom is -0.390 e. The predicted molar refractivity (Wildman–Crippen MR) is 159 cm³/mol. The second-order valence-corrected chi connectivity index (χ2v) is 10.4. The second-order valence-electron chi connectivity index (χ2n) is 9.58. The van der Waals surface area contributed by atoms with Gasteiger partial charge in [-0.3, -0.25) is 9.59 Å². The van der Waals surface area contributed by atoms with E-state index in [1.165, 1.54) is 0 Å². The highest BCUT2D eigenvalue weighted by Gasteiger charge is 2.23. The molecule has 0 bridgehead atoms. The normalized spacial score (nSPS) is 12.5. The van der Waals surface area contributed by atoms with Crippen molar-refractivity contribution in [3.63, 3.8) is 0 Å². The van der Waals surface area contributed by atoms with Crippen molar-refractivity contribution in [3.05, 3.63) is 105 Å². The summed E-state index contributed by atoms with van der Waals surface area (Å²) in [5.74, 6) is -0.429. The molecule has 0 spiro atoms. The number of carbonyl (C=O) groups excluding carboxylic acids is 2. The number of hydrogen-bond donors (Lipinski definition) is 3. The van der Waals surface area contributed by atoms with Gasteiger partial charge in [-0.2, -0.15) is 0 Å². The minimum atomic E-state index is -0.880. The van der Waals surface area contributed by atoms with Crippen LogP contribution in [0, 0.1) is 0 Å². The first-order chi connectivity index (χ1) is 18.8. The molecule has 0 fully saturated rings. The zero-order valence-electron chi connectivity index (χ0n) is 22.5. The summed E-state index contributed by atoms with van der Waals surface area (Å²) in [5, 5.41) is 18.4. The quantitative estimate of drug-likeness (QED) is 0.231. The molecule has 2 amide bonds. The molecule has 0 aliphatic rings. The summed E-state index contributed by atoms with van der Waals surface area (Å²) < 4.78 is 0. The highest BCUT2D eigenvalue weighted by atomic mass is 35.5. The highest BCUT2D eigenvalue weighted by molar-refractivity contribution is 6.35. The molecule has 3 aromatic rings. The Labute approximate surface area is 241 Å². The standard InChI is InChI=1S/C31H37Cl2N3O3/c1-3-15-36(16-4-2)31(39)24-12-8-11-23(18-24)30(38)35-28(17-22-9-6-5-7-10-22)29(37)21-34-20-25-13-14-26(32)19-27(25)33/h5-14,18-19,28-29,34,37H,3-4,15-17,20-21H2,1-2H3,(H,35,38)/t28-,29+/m0/s1. The van der Waals surface area contributed by atoms with Gasteiger partial charge in [-0.1, -0.05) is 79.5 Å². The zero-order chi connectivity index (χ0) is 28.2. The molecule has 0 aliphatic carbocycles. The Morgan fingerprint density at radius 2 is 1.59 bits per heavy atom. The van der Waals surface area contributed by atoms with Crippen molar-refractivity contribution in [2.75, 3.05) is 19.6 Å². The van der Waals surface area contributed by atoms with E-state index in [0.717, 1.165) is 24.0 Å². The topological polar surface area (TPSA) is 81.7 Å². The van der Waals surface area contributed by atoms with Gasteiger partial charge in [0.05, 0.1) is 12.1 Å². The monoisotopic (exact) mass is 569 g/mol. The van der Waals surface area contributed by atoms with E-state index in [1.807, 2.05) is 55.1 Å². The van der Waals surface area contributed by atoms with Gasteiger partial charge in [0.15, 0.2) is 0 Å². The van der Waals surface area contributed by atoms with Gasteiger partial charge >= 0.3 is 0 Å². The number of nitrogens with zero attached hydrogens (tertiary/aromatic N) is 1. The lowest BCUT2D eigenvalue weighted by Crippen LogP contribution is -2.48. The van der Waals surface area contributed by atoms with Gasteiger partial charge in [0.1, 0.15) is 0 Å². The van der Waals surface area contributed by atoms with Crippen LogP contribution in [0.4, 0.5) is 0 Å². The van der Waals surface area contributed by atoms with E-state index in [0.29, 0.717) is 47.2 Å². The number of aliphatic hydroxyl groups is 1. The maximum absolute atomic E-state index is 13.3. The molecule has 6 nitrogen and oxygen atoms in total. The Balaban J connectivity index is 1.72. The summed E-state index contributed by atoms with van der Waals surface area (Å²) in [6, 6.07) is 21.2. The highest BCUT2D eigenvalue weighted by Crippen LogP contribution is 2.21. The van der Waals surface area contributed by atoms with E-state index >= 15 is 0 Å². The van der Waals surface area contributed by atoms with Crippen molar-refractivity contribution in [2.45, 2.75) is 51.8 Å². The fraction of sp³-hybridized carbons (Fsp3) is 0.355. The van der Waals surface area contributed by atoms with E-state index in [9.17, 15) is 14.7 Å². The molecule has 0 radical (unpaired) electrons. The number of hydrogen-bond acceptors (Lipinski definition) is 4. The first kappa shape index (κ1) is 30.6. The number of aliphatic hydroxyl groups excluding tert-OH is 1. The average molecular weight is 571 g/mol. The number of amides is 2. The van der Waals surface area contributed by atoms with Crippen LogP contribution in [0.1, 0.15) is 58.5 Å². The maximum atomic E-state index is 13.3. The lowest BCUT2D eigenvalue weighted by Gasteiger charge is -2.25. The van der Waals surface area contributed by atoms with Gasteiger partial charge in [0.25, 0.3) is 11.8 Å². The van der Waals surface area contributed by atoms with Crippen LogP contribution in [-0.4, -0.2) is 53.6 Å². The first-order valence-corrected chi connectivity index (χ1v) is 14.1. The second kappa shape index (κ2) is 15.6. The molecule has 0 saturated heterocycles. The maximum Gasteiger partial charge on any atom is 0.253 e. The lowest BCUT2D eigenvalue weighted by molar-refractivity contribution is 0.0755. The largest absolute Gasteiger partial charge is 0.390 e. The van der Waals surface area contributed by atoms with Crippen molar-refractivity contribution < 1.29 is 14.7 Å². The molecule has 3 N–H and O–H groups in total. The third-order valence-electron chi connectivity index (χ3n) is 6.41. The average Bonchev–Trinajstić information content (AvgIpc) is 2.94. The van der Waals surface area contributed by atoms with Crippen LogP contribution in [0.3, 0.4) is 0 Å². The Bertz CT molecular complexity index is 1220. The third-order valence-corrected chi connectivity index (χ3v) is 7.00. The van der Waals surface area contributed by atoms with E-state index < -0.39 is 12.1 Å². The Morgan fingerprint density at radius 1 is 0.897 bits per heavy atom. The van der Waals surface area contributed by atoms with Crippen molar-refractivity contribution in [2.24, 2.45) is 0 Å². The Morgan fingerprint density at radius 3 is 2.26 bits per heavy atom. The smallest absolute Gasteiger partial charge is 0.253 e. The van der Waals surface area contributed by atoms with Crippen molar-refractivity contribution in [1.82, 2.24) is 15.5 Å². The summed E-state index contributed by atoms with van der Waals surface area (Å²) in [4.78, 5) is 28.2. The Kier molecular flexibility index (Phi) is 12.3. The molecule has 0 aliphatic heterocycles. The molecule has 8 heteroatoms. The molecular weight excluding hydrogens is 533 g/mol. The minimum absolute atomic E-state index is 0.0840. The van der Waals surface area contributed by atoms with Gasteiger partial charge in [-0.05, 0) is 60.7 Å². The molecule has 0 heterocycles. The summed E-state index contributed by atoms with van der Waals surface area (Å²) in [6.45, 7) is 6.09. The van der Waals surface area contributed by atoms with Gasteiger partial charge in [-0.15, -0.1) is 0 Å². The van der Waals surface area contributed by atoms with Crippen LogP contribution < -0.4 is 10.6 Å². The number of nitrogens with one attached hydrogen (secondary N) is 2. The van der Waals surface area contributed by atoms with Crippen LogP contribution in [0.5, 0.6) is 0 Å². The summed E-state index contributed by atoms with van der Waals surface area (Å²) >= 11 is 12.3. The first-order valence-electron chi connectivity index (χ1n) is 13.4. The van der Waals surface area contributed by atoms with Gasteiger partial charge in [0.2, 0.25) is 0 Å². The summed E-state index contributed by atoms with van der Waals surface area (Å²) in [6.07, 6.45) is 1.29. The number of carbonyl (C=O) groups is 2. The van der Waals surface area contributed by atoms with Crippen LogP contribution in [0.25, 0.3) is 0 Å². The summed E-state index contributed by atoms with van der Waals surface area (Å²) in [7, 11) is 0. The van der Waals surface area contributed by atoms with E-state index in [2.05, 4.69) is 10.6 Å². The molecule has 3 aromatic carbocycles. The number of rotatable bonds is 14. The molecule has 0 saturated carbocycles. The van der Waals surface area contributed by atoms with Crippen LogP contribution in [0.15, 0.2) is 72.8 Å². The van der Waals surface area contributed by atoms with Crippen LogP contribution in [0.2, 0.25) is 10.0 Å². The van der Waals surface area contributed by atoms with Crippen molar-refractivity contribution in [1.29, 1.82) is 0 Å². The molecule has 3 rings (SSSR count). The van der Waals surface area contributed by atoms with E-state index in [4.69, 9.17) is 23.2 Å². The van der Waals surface area contributed by atoms with E-state index in [-0.39, 0.29) is 18.4 Å². The SMILES string of the molecule is CCCN(CCC)C(=O)c1cccc(C(=O)N[C@@H](Cc2ccccc2)[C@H](O)CNCc2ccc(Cl)cc2Cl)c1. The third kappa shape index (κ3) is 9.36. The van der Waals surface area contributed by atoms with Crippen LogP contribution in [-0.2, 0) is 13.0 Å².